The molecule has 5 heteroatoms. The number of benzene rings is 2. The first-order valence-corrected chi connectivity index (χ1v) is 6.79. The minimum Gasteiger partial charge on any atom is -0.320 e. The summed E-state index contributed by atoms with van der Waals surface area (Å²) in [6.45, 7) is 0. The number of halogens is 1. The highest BCUT2D eigenvalue weighted by Crippen LogP contribution is 2.20. The van der Waals surface area contributed by atoms with Crippen LogP contribution in [0.5, 0.6) is 0 Å². The van der Waals surface area contributed by atoms with Crippen LogP contribution in [0.1, 0.15) is 10.4 Å². The number of carbonyl (C=O) groups excluding carboxylic acids is 1. The summed E-state index contributed by atoms with van der Waals surface area (Å²) >= 11 is 0. The summed E-state index contributed by atoms with van der Waals surface area (Å²) in [5, 5.41) is 2.73. The van der Waals surface area contributed by atoms with Gasteiger partial charge in [0.05, 0.1) is 5.69 Å². The zero-order valence-electron chi connectivity index (χ0n) is 12.0. The maximum Gasteiger partial charge on any atom is 0.257 e. The van der Waals surface area contributed by atoms with Crippen molar-refractivity contribution in [2.24, 2.45) is 7.05 Å². The molecule has 0 fully saturated rings. The van der Waals surface area contributed by atoms with E-state index in [0.29, 0.717) is 11.5 Å². The Labute approximate surface area is 127 Å². The van der Waals surface area contributed by atoms with Gasteiger partial charge in [-0.3, -0.25) is 10.1 Å². The molecular weight excluding hydrogens is 281 g/mol. The van der Waals surface area contributed by atoms with Gasteiger partial charge in [0.25, 0.3) is 5.91 Å². The summed E-state index contributed by atoms with van der Waals surface area (Å²) in [6.07, 6.45) is 1.84. The van der Waals surface area contributed by atoms with Gasteiger partial charge in [-0.1, -0.05) is 30.3 Å². The predicted molar refractivity (Wildman–Crippen MR) is 83.0 cm³/mol. The van der Waals surface area contributed by atoms with Gasteiger partial charge in [-0.2, -0.15) is 0 Å². The second-order valence-electron chi connectivity index (χ2n) is 4.89. The third-order valence-electron chi connectivity index (χ3n) is 3.28. The minimum absolute atomic E-state index is 0.326. The quantitative estimate of drug-likeness (QED) is 0.804. The molecule has 0 bridgehead atoms. The molecule has 0 aliphatic heterocycles. The number of nitrogens with zero attached hydrogens (tertiary/aromatic N) is 2. The molecular formula is C17H14FN3O. The molecule has 0 atom stereocenters. The fourth-order valence-electron chi connectivity index (χ4n) is 2.11. The topological polar surface area (TPSA) is 46.9 Å². The number of hydrogen-bond acceptors (Lipinski definition) is 2. The Morgan fingerprint density at radius 2 is 1.77 bits per heavy atom. The molecule has 3 aromatic rings. The number of carbonyl (C=O) groups is 1. The van der Waals surface area contributed by atoms with Gasteiger partial charge in [-0.05, 0) is 24.3 Å². The number of aryl methyl sites for hydroxylation is 1. The Kier molecular flexibility index (Phi) is 3.70. The molecule has 1 heterocycles. The van der Waals surface area contributed by atoms with Crippen molar-refractivity contribution in [3.05, 3.63) is 72.2 Å². The van der Waals surface area contributed by atoms with Gasteiger partial charge in [-0.25, -0.2) is 9.37 Å². The largest absolute Gasteiger partial charge is 0.320 e. The lowest BCUT2D eigenvalue weighted by Crippen LogP contribution is -2.14. The van der Waals surface area contributed by atoms with Crippen molar-refractivity contribution in [2.45, 2.75) is 0 Å². The summed E-state index contributed by atoms with van der Waals surface area (Å²) in [4.78, 5) is 16.6. The van der Waals surface area contributed by atoms with Crippen molar-refractivity contribution >= 4 is 11.9 Å². The molecule has 0 saturated carbocycles. The van der Waals surface area contributed by atoms with Crippen molar-refractivity contribution in [3.8, 4) is 11.3 Å². The first-order chi connectivity index (χ1) is 10.6. The van der Waals surface area contributed by atoms with E-state index in [-0.39, 0.29) is 11.7 Å². The van der Waals surface area contributed by atoms with Gasteiger partial charge in [0.2, 0.25) is 5.95 Å². The van der Waals surface area contributed by atoms with Crippen LogP contribution in [0.25, 0.3) is 11.3 Å². The molecule has 2 aromatic carbocycles. The molecule has 0 aliphatic rings. The number of nitrogens with one attached hydrogen (secondary N) is 1. The Balaban J connectivity index is 1.82. The number of hydrogen-bond donors (Lipinski definition) is 1. The van der Waals surface area contributed by atoms with E-state index in [9.17, 15) is 9.18 Å². The summed E-state index contributed by atoms with van der Waals surface area (Å²) < 4.78 is 14.6. The van der Waals surface area contributed by atoms with Crippen LogP contribution in [-0.4, -0.2) is 15.5 Å². The summed E-state index contributed by atoms with van der Waals surface area (Å²) in [7, 11) is 1.81. The number of anilines is 1. The van der Waals surface area contributed by atoms with Gasteiger partial charge in [0.15, 0.2) is 0 Å². The van der Waals surface area contributed by atoms with Gasteiger partial charge >= 0.3 is 0 Å². The minimum atomic E-state index is -0.375. The molecule has 3 rings (SSSR count). The Morgan fingerprint density at radius 3 is 2.45 bits per heavy atom. The monoisotopic (exact) mass is 295 g/mol. The number of amides is 1. The molecule has 1 amide bonds. The number of imidazole rings is 1. The Bertz CT molecular complexity index is 795. The molecule has 0 radical (unpaired) electrons. The smallest absolute Gasteiger partial charge is 0.257 e. The van der Waals surface area contributed by atoms with Crippen LogP contribution < -0.4 is 5.32 Å². The van der Waals surface area contributed by atoms with Crippen LogP contribution in [0.15, 0.2) is 60.8 Å². The fraction of sp³-hybridized carbons (Fsp3) is 0.0588. The second kappa shape index (κ2) is 5.81. The second-order valence-corrected chi connectivity index (χ2v) is 4.89. The molecule has 0 unspecified atom stereocenters. The molecule has 1 aromatic heterocycles. The van der Waals surface area contributed by atoms with Crippen LogP contribution >= 0.6 is 0 Å². The van der Waals surface area contributed by atoms with Crippen molar-refractivity contribution in [3.63, 3.8) is 0 Å². The van der Waals surface area contributed by atoms with E-state index < -0.39 is 0 Å². The van der Waals surface area contributed by atoms with Crippen LogP contribution in [0.3, 0.4) is 0 Å². The Morgan fingerprint density at radius 1 is 1.09 bits per heavy atom. The van der Waals surface area contributed by atoms with Crippen molar-refractivity contribution in [2.75, 3.05) is 5.32 Å². The number of aromatic nitrogens is 2. The molecule has 0 spiro atoms. The lowest BCUT2D eigenvalue weighted by atomic mass is 10.2. The number of rotatable bonds is 3. The maximum absolute atomic E-state index is 12.9. The molecule has 1 N–H and O–H groups in total. The third kappa shape index (κ3) is 2.88. The zero-order chi connectivity index (χ0) is 15.5. The van der Waals surface area contributed by atoms with E-state index in [1.54, 1.807) is 11.6 Å². The van der Waals surface area contributed by atoms with Gasteiger partial charge < -0.3 is 4.57 Å². The van der Waals surface area contributed by atoms with Crippen LogP contribution in [0.2, 0.25) is 0 Å². The molecule has 22 heavy (non-hydrogen) atoms. The fourth-order valence-corrected chi connectivity index (χ4v) is 2.11. The molecule has 110 valence electrons. The summed E-state index contributed by atoms with van der Waals surface area (Å²) in [5.74, 6) is -0.263. The van der Waals surface area contributed by atoms with Crippen molar-refractivity contribution in [1.29, 1.82) is 0 Å². The van der Waals surface area contributed by atoms with E-state index in [2.05, 4.69) is 10.3 Å². The predicted octanol–water partition coefficient (Wildman–Crippen LogP) is 3.48. The molecule has 0 saturated heterocycles. The van der Waals surface area contributed by atoms with E-state index in [1.165, 1.54) is 24.3 Å². The average Bonchev–Trinajstić information content (AvgIpc) is 2.90. The van der Waals surface area contributed by atoms with E-state index >= 15 is 0 Å². The van der Waals surface area contributed by atoms with Crippen LogP contribution in [0.4, 0.5) is 10.3 Å². The summed E-state index contributed by atoms with van der Waals surface area (Å²) in [6, 6.07) is 15.1. The van der Waals surface area contributed by atoms with Gasteiger partial charge in [-0.15, -0.1) is 0 Å². The lowest BCUT2D eigenvalue weighted by Gasteiger charge is -2.04. The van der Waals surface area contributed by atoms with E-state index in [0.717, 1.165) is 11.3 Å². The Hall–Kier alpha value is -2.95. The van der Waals surface area contributed by atoms with Gasteiger partial charge in [0.1, 0.15) is 5.82 Å². The maximum atomic E-state index is 12.9. The highest BCUT2D eigenvalue weighted by Gasteiger charge is 2.11. The average molecular weight is 295 g/mol. The van der Waals surface area contributed by atoms with Crippen LogP contribution in [-0.2, 0) is 7.05 Å². The van der Waals surface area contributed by atoms with Crippen LogP contribution in [0, 0.1) is 5.82 Å². The molecule has 4 nitrogen and oxygen atoms in total. The standard InChI is InChI=1S/C17H14FN3O/c1-21-11-15(12-5-3-2-4-6-12)19-17(21)20-16(22)13-7-9-14(18)10-8-13/h2-11H,1H3,(H,19,20,22). The lowest BCUT2D eigenvalue weighted by molar-refractivity contribution is 0.102. The van der Waals surface area contributed by atoms with Crippen molar-refractivity contribution < 1.29 is 9.18 Å². The van der Waals surface area contributed by atoms with Gasteiger partial charge in [0, 0.05) is 24.4 Å². The van der Waals surface area contributed by atoms with Crippen molar-refractivity contribution in [1.82, 2.24) is 9.55 Å². The first-order valence-electron chi connectivity index (χ1n) is 6.79. The highest BCUT2D eigenvalue weighted by atomic mass is 19.1. The molecule has 0 aliphatic carbocycles. The van der Waals surface area contributed by atoms with E-state index in [4.69, 9.17) is 0 Å². The van der Waals surface area contributed by atoms with E-state index in [1.807, 2.05) is 36.5 Å². The summed E-state index contributed by atoms with van der Waals surface area (Å²) in [5.41, 5.74) is 2.13. The first kappa shape index (κ1) is 14.0. The highest BCUT2D eigenvalue weighted by molar-refractivity contribution is 6.03. The SMILES string of the molecule is Cn1cc(-c2ccccc2)nc1NC(=O)c1ccc(F)cc1. The third-order valence-corrected chi connectivity index (χ3v) is 3.28. The zero-order valence-corrected chi connectivity index (χ0v) is 12.0. The normalized spacial score (nSPS) is 10.5.